The van der Waals surface area contributed by atoms with E-state index in [2.05, 4.69) is 5.32 Å². The van der Waals surface area contributed by atoms with Gasteiger partial charge in [-0.25, -0.2) is 9.18 Å². The molecule has 1 N–H and O–H groups in total. The molecule has 1 fully saturated rings. The Kier molecular flexibility index (Phi) is 5.27. The number of carbonyl (C=O) groups excluding carboxylic acids is 2. The lowest BCUT2D eigenvalue weighted by Crippen LogP contribution is -2.26. The van der Waals surface area contributed by atoms with Crippen molar-refractivity contribution in [1.82, 2.24) is 0 Å². The second kappa shape index (κ2) is 7.17. The minimum atomic E-state index is -0.600. The van der Waals surface area contributed by atoms with E-state index in [-0.39, 0.29) is 24.0 Å². The van der Waals surface area contributed by atoms with Crippen LogP contribution in [0.25, 0.3) is 0 Å². The number of anilines is 1. The molecule has 0 bridgehead atoms. The van der Waals surface area contributed by atoms with Gasteiger partial charge in [0.05, 0.1) is 17.4 Å². The van der Waals surface area contributed by atoms with E-state index in [1.165, 1.54) is 19.1 Å². The largest absolute Gasteiger partial charge is 0.459 e. The molecule has 0 spiro atoms. The van der Waals surface area contributed by atoms with Crippen molar-refractivity contribution in [1.29, 1.82) is 0 Å². The summed E-state index contributed by atoms with van der Waals surface area (Å²) in [6.45, 7) is 2.14. The first-order valence-corrected chi connectivity index (χ1v) is 6.92. The Morgan fingerprint density at radius 3 is 2.90 bits per heavy atom. The molecule has 0 saturated carbocycles. The van der Waals surface area contributed by atoms with Gasteiger partial charge in [-0.2, -0.15) is 0 Å². The Bertz CT molecular complexity index is 526. The van der Waals surface area contributed by atoms with Crippen LogP contribution in [0.15, 0.2) is 18.2 Å². The minimum Gasteiger partial charge on any atom is -0.459 e. The van der Waals surface area contributed by atoms with Gasteiger partial charge >= 0.3 is 5.97 Å². The highest BCUT2D eigenvalue weighted by molar-refractivity contribution is 5.93. The van der Waals surface area contributed by atoms with Crippen molar-refractivity contribution >= 4 is 17.6 Å². The molecular formula is C15H18FNO4. The van der Waals surface area contributed by atoms with E-state index < -0.39 is 17.7 Å². The number of esters is 1. The predicted molar refractivity (Wildman–Crippen MR) is 74.6 cm³/mol. The third kappa shape index (κ3) is 4.53. The number of hydrogen-bond acceptors (Lipinski definition) is 4. The van der Waals surface area contributed by atoms with Gasteiger partial charge in [-0.3, -0.25) is 4.79 Å². The number of nitrogens with one attached hydrogen (secondary N) is 1. The number of carbonyl (C=O) groups is 2. The quantitative estimate of drug-likeness (QED) is 0.867. The average molecular weight is 295 g/mol. The number of halogens is 1. The van der Waals surface area contributed by atoms with Crippen molar-refractivity contribution in [2.75, 3.05) is 18.5 Å². The Labute approximate surface area is 122 Å². The van der Waals surface area contributed by atoms with Gasteiger partial charge in [0, 0.05) is 13.5 Å². The summed E-state index contributed by atoms with van der Waals surface area (Å²) in [6.07, 6.45) is 2.89. The molecule has 2 rings (SSSR count). The summed E-state index contributed by atoms with van der Waals surface area (Å²) in [6, 6.07) is 3.71. The van der Waals surface area contributed by atoms with Gasteiger partial charge in [-0.15, -0.1) is 0 Å². The first kappa shape index (κ1) is 15.4. The molecule has 1 aromatic rings. The minimum absolute atomic E-state index is 0.0362. The molecule has 1 aliphatic rings. The van der Waals surface area contributed by atoms with Crippen LogP contribution in [0.5, 0.6) is 0 Å². The van der Waals surface area contributed by atoms with Crippen LogP contribution in [0.1, 0.15) is 36.5 Å². The van der Waals surface area contributed by atoms with Crippen molar-refractivity contribution in [3.63, 3.8) is 0 Å². The Balaban J connectivity index is 1.96. The maximum atomic E-state index is 13.5. The van der Waals surface area contributed by atoms with Crippen molar-refractivity contribution in [2.45, 2.75) is 32.3 Å². The van der Waals surface area contributed by atoms with Gasteiger partial charge in [0.25, 0.3) is 0 Å². The van der Waals surface area contributed by atoms with E-state index >= 15 is 0 Å². The fraction of sp³-hybridized carbons (Fsp3) is 0.467. The van der Waals surface area contributed by atoms with E-state index in [0.717, 1.165) is 25.3 Å². The molecule has 21 heavy (non-hydrogen) atoms. The average Bonchev–Trinajstić information content (AvgIpc) is 2.47. The maximum absolute atomic E-state index is 13.5. The molecular weight excluding hydrogens is 277 g/mol. The second-order valence-electron chi connectivity index (χ2n) is 4.96. The highest BCUT2D eigenvalue weighted by Crippen LogP contribution is 2.18. The monoisotopic (exact) mass is 295 g/mol. The topological polar surface area (TPSA) is 64.6 Å². The van der Waals surface area contributed by atoms with E-state index in [9.17, 15) is 14.0 Å². The normalized spacial score (nSPS) is 18.1. The molecule has 114 valence electrons. The molecule has 1 aliphatic heterocycles. The summed E-state index contributed by atoms with van der Waals surface area (Å²) in [7, 11) is 0. The van der Waals surface area contributed by atoms with Gasteiger partial charge in [0.1, 0.15) is 12.4 Å². The van der Waals surface area contributed by atoms with Crippen molar-refractivity contribution < 1.29 is 23.5 Å². The van der Waals surface area contributed by atoms with Gasteiger partial charge in [0.15, 0.2) is 0 Å². The summed E-state index contributed by atoms with van der Waals surface area (Å²) in [5.74, 6) is -1.57. The Hall–Kier alpha value is -1.95. The molecule has 1 atom stereocenters. The fourth-order valence-corrected chi connectivity index (χ4v) is 2.13. The Morgan fingerprint density at radius 2 is 2.24 bits per heavy atom. The van der Waals surface area contributed by atoms with Crippen molar-refractivity contribution in [3.05, 3.63) is 29.6 Å². The lowest BCUT2D eigenvalue weighted by Gasteiger charge is -2.22. The summed E-state index contributed by atoms with van der Waals surface area (Å²) in [5.41, 5.74) is 0.154. The van der Waals surface area contributed by atoms with E-state index in [0.29, 0.717) is 6.61 Å². The van der Waals surface area contributed by atoms with Gasteiger partial charge in [-0.05, 0) is 37.5 Å². The number of amides is 1. The molecule has 0 aliphatic carbocycles. The van der Waals surface area contributed by atoms with E-state index in [4.69, 9.17) is 9.47 Å². The molecule has 1 unspecified atom stereocenters. The zero-order chi connectivity index (χ0) is 15.2. The van der Waals surface area contributed by atoms with Crippen LogP contribution >= 0.6 is 0 Å². The lowest BCUT2D eigenvalue weighted by atomic mass is 10.1. The first-order chi connectivity index (χ1) is 10.1. The van der Waals surface area contributed by atoms with Crippen molar-refractivity contribution in [2.24, 2.45) is 0 Å². The predicted octanol–water partition coefficient (Wildman–Crippen LogP) is 2.51. The van der Waals surface area contributed by atoms with Crippen LogP contribution in [0, 0.1) is 5.82 Å². The van der Waals surface area contributed by atoms with E-state index in [1.54, 1.807) is 0 Å². The highest BCUT2D eigenvalue weighted by atomic mass is 19.1. The molecule has 0 radical (unpaired) electrons. The summed E-state index contributed by atoms with van der Waals surface area (Å²) < 4.78 is 24.1. The lowest BCUT2D eigenvalue weighted by molar-refractivity contribution is -0.114. The van der Waals surface area contributed by atoms with Crippen molar-refractivity contribution in [3.8, 4) is 0 Å². The zero-order valence-corrected chi connectivity index (χ0v) is 11.9. The molecule has 1 amide bonds. The van der Waals surface area contributed by atoms with Crippen LogP contribution in [0.4, 0.5) is 10.1 Å². The number of ether oxygens (including phenoxy) is 2. The molecule has 6 heteroatoms. The van der Waals surface area contributed by atoms with Gasteiger partial charge in [-0.1, -0.05) is 0 Å². The van der Waals surface area contributed by atoms with Crippen LogP contribution in [0.3, 0.4) is 0 Å². The van der Waals surface area contributed by atoms with Gasteiger partial charge in [0.2, 0.25) is 5.91 Å². The maximum Gasteiger partial charge on any atom is 0.338 e. The molecule has 1 heterocycles. The molecule has 1 saturated heterocycles. The second-order valence-corrected chi connectivity index (χ2v) is 4.96. The van der Waals surface area contributed by atoms with Gasteiger partial charge < -0.3 is 14.8 Å². The van der Waals surface area contributed by atoms with Crippen LogP contribution < -0.4 is 5.32 Å². The summed E-state index contributed by atoms with van der Waals surface area (Å²) in [4.78, 5) is 22.9. The standard InChI is InChI=1S/C15H18FNO4/c1-10(18)17-14-8-11(5-6-13(14)16)15(19)21-9-12-4-2-3-7-20-12/h5-6,8,12H,2-4,7,9H2,1H3,(H,17,18). The smallest absolute Gasteiger partial charge is 0.338 e. The SMILES string of the molecule is CC(=O)Nc1cc(C(=O)OCC2CCCCO2)ccc1F. The van der Waals surface area contributed by atoms with E-state index in [1.807, 2.05) is 0 Å². The number of rotatable bonds is 4. The Morgan fingerprint density at radius 1 is 1.43 bits per heavy atom. The molecule has 1 aromatic carbocycles. The number of benzene rings is 1. The summed E-state index contributed by atoms with van der Waals surface area (Å²) in [5, 5.41) is 2.33. The van der Waals surface area contributed by atoms with Crippen LogP contribution in [0.2, 0.25) is 0 Å². The molecule has 5 nitrogen and oxygen atoms in total. The first-order valence-electron chi connectivity index (χ1n) is 6.92. The highest BCUT2D eigenvalue weighted by Gasteiger charge is 2.17. The molecule has 0 aromatic heterocycles. The summed E-state index contributed by atoms with van der Waals surface area (Å²) >= 11 is 0. The van der Waals surface area contributed by atoms with Crippen LogP contribution in [-0.2, 0) is 14.3 Å². The van der Waals surface area contributed by atoms with Crippen LogP contribution in [-0.4, -0.2) is 31.2 Å². The number of hydrogen-bond donors (Lipinski definition) is 1. The third-order valence-electron chi connectivity index (χ3n) is 3.19. The third-order valence-corrected chi connectivity index (χ3v) is 3.19. The fourth-order valence-electron chi connectivity index (χ4n) is 2.13. The zero-order valence-electron chi connectivity index (χ0n) is 11.9.